The van der Waals surface area contributed by atoms with Gasteiger partial charge in [0.15, 0.2) is 0 Å². The van der Waals surface area contributed by atoms with E-state index in [1.807, 2.05) is 35.0 Å². The van der Waals surface area contributed by atoms with Crippen LogP contribution in [-0.2, 0) is 4.74 Å². The van der Waals surface area contributed by atoms with Crippen molar-refractivity contribution in [3.05, 3.63) is 76.7 Å². The van der Waals surface area contributed by atoms with Crippen LogP contribution in [0.15, 0.2) is 54.9 Å². The number of halogens is 1. The molecule has 0 spiro atoms. The highest BCUT2D eigenvalue weighted by Crippen LogP contribution is 2.36. The van der Waals surface area contributed by atoms with Crippen LogP contribution in [0.1, 0.15) is 75.4 Å². The normalized spacial score (nSPS) is 17.8. The van der Waals surface area contributed by atoms with Crippen LogP contribution < -0.4 is 10.6 Å². The minimum Gasteiger partial charge on any atom is -0.383 e. The van der Waals surface area contributed by atoms with E-state index in [-0.39, 0.29) is 11.6 Å². The Kier molecular flexibility index (Phi) is 9.03. The molecule has 6 rings (SSSR count). The van der Waals surface area contributed by atoms with Crippen molar-refractivity contribution in [2.24, 2.45) is 5.92 Å². The molecule has 9 nitrogen and oxygen atoms in total. The number of ether oxygens (including phenoxy) is 1. The molecule has 2 N–H and O–H groups in total. The second-order valence-electron chi connectivity index (χ2n) is 13.0. The number of pyridine rings is 1. The monoisotopic (exact) mass is 612 g/mol. The minimum atomic E-state index is -0.251. The SMILES string of the molecule is CC(C)(C)N1CCC(n2cc([C@@H](Nc3cc(Cl)c4ncc(C#N)c(NCC5CCOCC5)c4c3)c3ccccc3)nn2)CC1. The molecular formula is C34H41ClN8O. The number of nitrogens with one attached hydrogen (secondary N) is 2. The standard InChI is InChI=1S/C34H41ClN8O/c1-34(2,3)42-13-9-27(10-14-42)43-22-30(40-41-43)32(24-7-5-4-6-8-24)39-26-17-28-31(37-20-23-11-15-44-16-12-23)25(19-36)21-38-33(28)29(35)18-26/h4-8,17-18,21-23,27,32,39H,9-16,20H2,1-3H3,(H,37,38)/t32-/m0/s1. The summed E-state index contributed by atoms with van der Waals surface area (Å²) in [6, 6.07) is 16.6. The summed E-state index contributed by atoms with van der Waals surface area (Å²) in [6.07, 6.45) is 7.77. The summed E-state index contributed by atoms with van der Waals surface area (Å²) in [5.74, 6) is 0.487. The molecule has 2 aromatic heterocycles. The van der Waals surface area contributed by atoms with Gasteiger partial charge in [0, 0.05) is 55.7 Å². The van der Waals surface area contributed by atoms with Gasteiger partial charge < -0.3 is 15.4 Å². The lowest BCUT2D eigenvalue weighted by atomic mass is 9.98. The molecule has 44 heavy (non-hydrogen) atoms. The molecule has 2 aliphatic rings. The lowest BCUT2D eigenvalue weighted by Gasteiger charge is -2.40. The predicted octanol–water partition coefficient (Wildman–Crippen LogP) is 6.83. The third-order valence-corrected chi connectivity index (χ3v) is 9.30. The number of aromatic nitrogens is 4. The molecular weight excluding hydrogens is 572 g/mol. The molecule has 0 aliphatic carbocycles. The molecule has 2 fully saturated rings. The smallest absolute Gasteiger partial charge is 0.109 e. The van der Waals surface area contributed by atoms with Crippen LogP contribution in [-0.4, -0.2) is 63.3 Å². The van der Waals surface area contributed by atoms with Gasteiger partial charge in [0.2, 0.25) is 0 Å². The average molecular weight is 613 g/mol. The molecule has 0 saturated carbocycles. The first-order chi connectivity index (χ1) is 21.3. The highest BCUT2D eigenvalue weighted by atomic mass is 35.5. The summed E-state index contributed by atoms with van der Waals surface area (Å²) in [5, 5.41) is 27.8. The molecule has 10 heteroatoms. The van der Waals surface area contributed by atoms with Crippen LogP contribution in [0.25, 0.3) is 10.9 Å². The topological polar surface area (TPSA) is 104 Å². The van der Waals surface area contributed by atoms with Gasteiger partial charge >= 0.3 is 0 Å². The number of hydrogen-bond donors (Lipinski definition) is 2. The van der Waals surface area contributed by atoms with Crippen LogP contribution in [0.3, 0.4) is 0 Å². The number of fused-ring (bicyclic) bond motifs is 1. The van der Waals surface area contributed by atoms with Crippen molar-refractivity contribution >= 4 is 33.9 Å². The van der Waals surface area contributed by atoms with Crippen LogP contribution in [0.2, 0.25) is 5.02 Å². The average Bonchev–Trinajstić information content (AvgIpc) is 3.53. The maximum Gasteiger partial charge on any atom is 0.109 e. The van der Waals surface area contributed by atoms with Crippen molar-refractivity contribution in [1.29, 1.82) is 5.26 Å². The van der Waals surface area contributed by atoms with E-state index < -0.39 is 0 Å². The first kappa shape index (κ1) is 30.3. The molecule has 1 atom stereocenters. The van der Waals surface area contributed by atoms with Gasteiger partial charge in [0.25, 0.3) is 0 Å². The zero-order chi connectivity index (χ0) is 30.7. The van der Waals surface area contributed by atoms with E-state index in [4.69, 9.17) is 16.3 Å². The van der Waals surface area contributed by atoms with Crippen LogP contribution in [0.5, 0.6) is 0 Å². The van der Waals surface area contributed by atoms with E-state index in [9.17, 15) is 5.26 Å². The molecule has 4 aromatic rings. The number of hydrogen-bond acceptors (Lipinski definition) is 8. The number of benzene rings is 2. The van der Waals surface area contributed by atoms with E-state index >= 15 is 0 Å². The van der Waals surface area contributed by atoms with Gasteiger partial charge in [-0.25, -0.2) is 4.68 Å². The second-order valence-corrected chi connectivity index (χ2v) is 13.4. The lowest BCUT2D eigenvalue weighted by Crippen LogP contribution is -2.46. The fraction of sp³-hybridized carbons (Fsp3) is 0.471. The van der Waals surface area contributed by atoms with Gasteiger partial charge in [-0.2, -0.15) is 5.26 Å². The van der Waals surface area contributed by atoms with Crippen molar-refractivity contribution in [2.75, 3.05) is 43.5 Å². The van der Waals surface area contributed by atoms with Crippen LogP contribution in [0.4, 0.5) is 11.4 Å². The van der Waals surface area contributed by atoms with Gasteiger partial charge in [0.1, 0.15) is 11.8 Å². The molecule has 2 aromatic carbocycles. The van der Waals surface area contributed by atoms with Crippen molar-refractivity contribution < 1.29 is 4.74 Å². The maximum absolute atomic E-state index is 9.94. The minimum absolute atomic E-state index is 0.172. The summed E-state index contributed by atoms with van der Waals surface area (Å²) in [7, 11) is 0. The van der Waals surface area contributed by atoms with E-state index in [1.165, 1.54) is 0 Å². The Morgan fingerprint density at radius 2 is 1.84 bits per heavy atom. The van der Waals surface area contributed by atoms with E-state index in [1.54, 1.807) is 6.20 Å². The zero-order valence-corrected chi connectivity index (χ0v) is 26.5. The number of rotatable bonds is 8. The van der Waals surface area contributed by atoms with Crippen molar-refractivity contribution in [1.82, 2.24) is 24.9 Å². The third kappa shape index (κ3) is 6.68. The summed E-state index contributed by atoms with van der Waals surface area (Å²) in [5.41, 5.74) is 4.82. The van der Waals surface area contributed by atoms with Gasteiger partial charge in [-0.15, -0.1) is 5.10 Å². The Balaban J connectivity index is 1.30. The predicted molar refractivity (Wildman–Crippen MR) is 175 cm³/mol. The number of likely N-dealkylation sites (tertiary alicyclic amines) is 1. The molecule has 230 valence electrons. The number of piperidine rings is 1. The summed E-state index contributed by atoms with van der Waals surface area (Å²) in [6.45, 7) is 11.2. The Labute approximate surface area is 264 Å². The first-order valence-electron chi connectivity index (χ1n) is 15.6. The molecule has 0 unspecified atom stereocenters. The van der Waals surface area contributed by atoms with Gasteiger partial charge in [0.05, 0.1) is 40.1 Å². The van der Waals surface area contributed by atoms with Crippen LogP contribution in [0, 0.1) is 17.2 Å². The third-order valence-electron chi connectivity index (χ3n) is 9.01. The number of anilines is 2. The fourth-order valence-corrected chi connectivity index (χ4v) is 6.63. The summed E-state index contributed by atoms with van der Waals surface area (Å²) < 4.78 is 7.58. The fourth-order valence-electron chi connectivity index (χ4n) is 6.36. The quantitative estimate of drug-likeness (QED) is 0.223. The maximum atomic E-state index is 9.94. The molecule has 0 bridgehead atoms. The molecule has 0 amide bonds. The van der Waals surface area contributed by atoms with E-state index in [0.717, 1.165) is 86.5 Å². The highest BCUT2D eigenvalue weighted by molar-refractivity contribution is 6.35. The molecule has 0 radical (unpaired) electrons. The van der Waals surface area contributed by atoms with Gasteiger partial charge in [-0.05, 0) is 70.1 Å². The van der Waals surface area contributed by atoms with Crippen molar-refractivity contribution in [2.45, 2.75) is 64.1 Å². The number of nitrogens with zero attached hydrogens (tertiary/aromatic N) is 6. The zero-order valence-electron chi connectivity index (χ0n) is 25.8. The molecule has 2 saturated heterocycles. The Hall–Kier alpha value is -3.71. The summed E-state index contributed by atoms with van der Waals surface area (Å²) in [4.78, 5) is 7.09. The largest absolute Gasteiger partial charge is 0.383 e. The first-order valence-corrected chi connectivity index (χ1v) is 16.0. The Morgan fingerprint density at radius 1 is 1.09 bits per heavy atom. The number of nitriles is 1. The second kappa shape index (κ2) is 13.1. The van der Waals surface area contributed by atoms with Crippen molar-refractivity contribution in [3.8, 4) is 6.07 Å². The Bertz CT molecular complexity index is 1610. The van der Waals surface area contributed by atoms with Gasteiger partial charge in [-0.1, -0.05) is 47.1 Å². The highest BCUT2D eigenvalue weighted by Gasteiger charge is 2.29. The molecule has 2 aliphatic heterocycles. The lowest BCUT2D eigenvalue weighted by molar-refractivity contribution is 0.0699. The van der Waals surface area contributed by atoms with E-state index in [0.29, 0.717) is 28.1 Å². The van der Waals surface area contributed by atoms with E-state index in [2.05, 4.69) is 76.0 Å². The van der Waals surface area contributed by atoms with Gasteiger partial charge in [-0.3, -0.25) is 9.88 Å². The van der Waals surface area contributed by atoms with Crippen molar-refractivity contribution in [3.63, 3.8) is 0 Å². The Morgan fingerprint density at radius 3 is 2.55 bits per heavy atom. The summed E-state index contributed by atoms with van der Waals surface area (Å²) >= 11 is 6.84. The molecule has 4 heterocycles. The van der Waals surface area contributed by atoms with Crippen LogP contribution >= 0.6 is 11.6 Å².